The van der Waals surface area contributed by atoms with Crippen LogP contribution in [0.25, 0.3) is 0 Å². The Kier molecular flexibility index (Phi) is 4.55. The van der Waals surface area contributed by atoms with Crippen LogP contribution in [0.1, 0.15) is 18.9 Å². The normalized spacial score (nSPS) is 10.4. The van der Waals surface area contributed by atoms with Gasteiger partial charge in [0.2, 0.25) is 0 Å². The third-order valence-corrected chi connectivity index (χ3v) is 3.21. The predicted octanol–water partition coefficient (Wildman–Crippen LogP) is 3.48. The van der Waals surface area contributed by atoms with E-state index in [1.54, 1.807) is 6.20 Å². The van der Waals surface area contributed by atoms with E-state index in [-0.39, 0.29) is 0 Å². The Bertz CT molecular complexity index is 597. The van der Waals surface area contributed by atoms with Crippen molar-refractivity contribution in [1.82, 2.24) is 9.78 Å². The predicted molar refractivity (Wildman–Crippen MR) is 82.6 cm³/mol. The maximum absolute atomic E-state index is 5.78. The number of aromatic nitrogens is 2. The highest BCUT2D eigenvalue weighted by Gasteiger charge is 2.09. The minimum Gasteiger partial charge on any atom is -0.453 e. The Morgan fingerprint density at radius 2 is 2.32 bits per heavy atom. The first kappa shape index (κ1) is 14.0. The number of halogens is 1. The van der Waals surface area contributed by atoms with Gasteiger partial charge in [-0.15, -0.1) is 0 Å². The lowest BCUT2D eigenvalue weighted by Gasteiger charge is -2.09. The lowest BCUT2D eigenvalue weighted by atomic mass is 10.2. The van der Waals surface area contributed by atoms with Crippen molar-refractivity contribution in [1.29, 1.82) is 0 Å². The van der Waals surface area contributed by atoms with Crippen LogP contribution in [0.3, 0.4) is 0 Å². The van der Waals surface area contributed by atoms with Crippen molar-refractivity contribution in [3.63, 3.8) is 0 Å². The topological polar surface area (TPSA) is 53.1 Å². The highest BCUT2D eigenvalue weighted by Crippen LogP contribution is 2.27. The largest absolute Gasteiger partial charge is 0.453 e. The van der Waals surface area contributed by atoms with Crippen LogP contribution in [-0.4, -0.2) is 14.8 Å². The van der Waals surface area contributed by atoms with Gasteiger partial charge in [0.1, 0.15) is 10.7 Å². The molecule has 0 fully saturated rings. The van der Waals surface area contributed by atoms with Crippen molar-refractivity contribution in [3.05, 3.63) is 40.6 Å². The Balaban J connectivity index is 2.24. The van der Waals surface area contributed by atoms with Gasteiger partial charge < -0.3 is 10.5 Å². The summed E-state index contributed by atoms with van der Waals surface area (Å²) in [5.74, 6) is 1.31. The van der Waals surface area contributed by atoms with Crippen molar-refractivity contribution in [3.8, 4) is 11.5 Å². The third kappa shape index (κ3) is 3.54. The molecule has 0 bridgehead atoms. The van der Waals surface area contributed by atoms with Crippen LogP contribution in [0.15, 0.2) is 35.1 Å². The lowest BCUT2D eigenvalue weighted by molar-refractivity contribution is 0.479. The minimum absolute atomic E-state index is 0.303. The first-order chi connectivity index (χ1) is 9.10. The molecule has 0 saturated carbocycles. The van der Waals surface area contributed by atoms with Gasteiger partial charge in [0.25, 0.3) is 0 Å². The zero-order valence-corrected chi connectivity index (χ0v) is 12.9. The smallest absolute Gasteiger partial charge is 0.165 e. The Morgan fingerprint density at radius 1 is 1.53 bits per heavy atom. The van der Waals surface area contributed by atoms with Crippen LogP contribution in [0, 0.1) is 0 Å². The zero-order chi connectivity index (χ0) is 13.8. The van der Waals surface area contributed by atoms with Crippen LogP contribution >= 0.6 is 28.1 Å². The van der Waals surface area contributed by atoms with Crippen molar-refractivity contribution in [2.75, 3.05) is 0 Å². The van der Waals surface area contributed by atoms with Crippen LogP contribution in [-0.2, 0) is 6.54 Å². The Hall–Kier alpha value is -1.40. The maximum atomic E-state index is 5.78. The standard InChI is InChI=1S/C13H14BrN3OS/c1-2-5-17-8-10(7-16-17)18-12-4-3-9(14)6-11(12)13(15)19/h3-4,6-8H,2,5H2,1H3,(H2,15,19). The first-order valence-corrected chi connectivity index (χ1v) is 7.10. The van der Waals surface area contributed by atoms with E-state index in [1.807, 2.05) is 29.1 Å². The molecule has 0 aliphatic carbocycles. The Morgan fingerprint density at radius 3 is 3.00 bits per heavy atom. The van der Waals surface area contributed by atoms with Gasteiger partial charge in [-0.05, 0) is 24.6 Å². The number of hydrogen-bond donors (Lipinski definition) is 1. The van der Waals surface area contributed by atoms with Gasteiger partial charge in [-0.2, -0.15) is 5.10 Å². The molecule has 0 aliphatic rings. The highest BCUT2D eigenvalue weighted by molar-refractivity contribution is 9.10. The summed E-state index contributed by atoms with van der Waals surface area (Å²) in [7, 11) is 0. The molecular formula is C13H14BrN3OS. The number of aryl methyl sites for hydroxylation is 1. The summed E-state index contributed by atoms with van der Waals surface area (Å²) in [6, 6.07) is 5.55. The monoisotopic (exact) mass is 339 g/mol. The molecule has 0 unspecified atom stereocenters. The molecule has 2 rings (SSSR count). The van der Waals surface area contributed by atoms with Gasteiger partial charge in [-0.1, -0.05) is 35.1 Å². The van der Waals surface area contributed by atoms with Gasteiger partial charge in [-0.3, -0.25) is 4.68 Å². The average Bonchev–Trinajstić information content (AvgIpc) is 2.79. The van der Waals surface area contributed by atoms with Gasteiger partial charge in [-0.25, -0.2) is 0 Å². The fraction of sp³-hybridized carbons (Fsp3) is 0.231. The van der Waals surface area contributed by atoms with Gasteiger partial charge in [0.15, 0.2) is 5.75 Å². The molecule has 2 aromatic rings. The number of rotatable bonds is 5. The average molecular weight is 340 g/mol. The van der Waals surface area contributed by atoms with E-state index in [0.717, 1.165) is 17.4 Å². The molecule has 100 valence electrons. The van der Waals surface area contributed by atoms with Gasteiger partial charge >= 0.3 is 0 Å². The quantitative estimate of drug-likeness (QED) is 0.847. The maximum Gasteiger partial charge on any atom is 0.165 e. The van der Waals surface area contributed by atoms with Crippen molar-refractivity contribution in [2.45, 2.75) is 19.9 Å². The first-order valence-electron chi connectivity index (χ1n) is 5.90. The van der Waals surface area contributed by atoms with Crippen molar-refractivity contribution in [2.24, 2.45) is 5.73 Å². The SMILES string of the molecule is CCCn1cc(Oc2ccc(Br)cc2C(N)=S)cn1. The van der Waals surface area contributed by atoms with E-state index in [1.165, 1.54) is 0 Å². The molecule has 0 saturated heterocycles. The summed E-state index contributed by atoms with van der Waals surface area (Å²) in [6.07, 6.45) is 4.56. The second kappa shape index (κ2) is 6.16. The number of thiocarbonyl (C=S) groups is 1. The number of nitrogens with zero attached hydrogens (tertiary/aromatic N) is 2. The van der Waals surface area contributed by atoms with E-state index < -0.39 is 0 Å². The molecule has 0 atom stereocenters. The molecule has 6 heteroatoms. The zero-order valence-electron chi connectivity index (χ0n) is 10.5. The molecule has 0 aliphatic heterocycles. The molecule has 0 spiro atoms. The summed E-state index contributed by atoms with van der Waals surface area (Å²) in [5.41, 5.74) is 6.40. The van der Waals surface area contributed by atoms with E-state index in [9.17, 15) is 0 Å². The summed E-state index contributed by atoms with van der Waals surface area (Å²) in [5, 5.41) is 4.21. The summed E-state index contributed by atoms with van der Waals surface area (Å²) in [6.45, 7) is 2.97. The summed E-state index contributed by atoms with van der Waals surface area (Å²) >= 11 is 8.42. The van der Waals surface area contributed by atoms with Crippen LogP contribution < -0.4 is 10.5 Å². The molecule has 1 heterocycles. The van der Waals surface area contributed by atoms with Crippen LogP contribution in [0.4, 0.5) is 0 Å². The number of hydrogen-bond acceptors (Lipinski definition) is 3. The number of ether oxygens (including phenoxy) is 1. The number of benzene rings is 1. The van der Waals surface area contributed by atoms with Crippen molar-refractivity contribution >= 4 is 33.1 Å². The van der Waals surface area contributed by atoms with E-state index in [4.69, 9.17) is 22.7 Å². The summed E-state index contributed by atoms with van der Waals surface area (Å²) in [4.78, 5) is 0.303. The van der Waals surface area contributed by atoms with Crippen LogP contribution in [0.2, 0.25) is 0 Å². The highest BCUT2D eigenvalue weighted by atomic mass is 79.9. The second-order valence-electron chi connectivity index (χ2n) is 4.05. The summed E-state index contributed by atoms with van der Waals surface area (Å²) < 4.78 is 8.53. The molecule has 1 aromatic heterocycles. The molecule has 1 aromatic carbocycles. The second-order valence-corrected chi connectivity index (χ2v) is 5.40. The third-order valence-electron chi connectivity index (χ3n) is 2.50. The lowest BCUT2D eigenvalue weighted by Crippen LogP contribution is -2.10. The van der Waals surface area contributed by atoms with Crippen molar-refractivity contribution < 1.29 is 4.74 Å². The fourth-order valence-electron chi connectivity index (χ4n) is 1.66. The van der Waals surface area contributed by atoms with Crippen LogP contribution in [0.5, 0.6) is 11.5 Å². The number of nitrogens with two attached hydrogens (primary N) is 1. The van der Waals surface area contributed by atoms with E-state index >= 15 is 0 Å². The van der Waals surface area contributed by atoms with E-state index in [0.29, 0.717) is 22.1 Å². The molecular weight excluding hydrogens is 326 g/mol. The molecule has 19 heavy (non-hydrogen) atoms. The molecule has 0 amide bonds. The molecule has 4 nitrogen and oxygen atoms in total. The Labute approximate surface area is 125 Å². The van der Waals surface area contributed by atoms with Gasteiger partial charge in [0, 0.05) is 11.0 Å². The van der Waals surface area contributed by atoms with E-state index in [2.05, 4.69) is 28.0 Å². The molecule has 0 radical (unpaired) electrons. The minimum atomic E-state index is 0.303. The van der Waals surface area contributed by atoms with Gasteiger partial charge in [0.05, 0.1) is 18.0 Å². The fourth-order valence-corrected chi connectivity index (χ4v) is 2.18. The molecule has 2 N–H and O–H groups in total.